The van der Waals surface area contributed by atoms with Crippen molar-refractivity contribution >= 4 is 27.6 Å². The van der Waals surface area contributed by atoms with Crippen molar-refractivity contribution in [3.05, 3.63) is 33.4 Å². The summed E-state index contributed by atoms with van der Waals surface area (Å²) >= 11 is 3.04. The van der Waals surface area contributed by atoms with Gasteiger partial charge in [-0.15, -0.1) is 0 Å². The molecule has 0 spiro atoms. The van der Waals surface area contributed by atoms with Gasteiger partial charge in [0.15, 0.2) is 0 Å². The maximum atomic E-state index is 12.2. The van der Waals surface area contributed by atoms with E-state index in [2.05, 4.69) is 20.7 Å². The third-order valence-electron chi connectivity index (χ3n) is 2.22. The largest absolute Gasteiger partial charge is 0.462 e. The van der Waals surface area contributed by atoms with E-state index < -0.39 is 28.9 Å². The van der Waals surface area contributed by atoms with E-state index in [0.717, 1.165) is 12.1 Å². The molecule has 0 N–H and O–H groups in total. The Labute approximate surface area is 120 Å². The molecule has 0 radical (unpaired) electrons. The van der Waals surface area contributed by atoms with Crippen molar-refractivity contribution in [2.45, 2.75) is 18.9 Å². The van der Waals surface area contributed by atoms with Gasteiger partial charge in [0.1, 0.15) is 11.3 Å². The summed E-state index contributed by atoms with van der Waals surface area (Å²) in [5.74, 6) is -1.29. The minimum Gasteiger partial charge on any atom is -0.462 e. The van der Waals surface area contributed by atoms with Crippen LogP contribution in [0.1, 0.15) is 22.8 Å². The van der Waals surface area contributed by atoms with Crippen LogP contribution in [0.25, 0.3) is 0 Å². The maximum absolute atomic E-state index is 12.2. The zero-order valence-corrected chi connectivity index (χ0v) is 11.9. The van der Waals surface area contributed by atoms with Gasteiger partial charge in [-0.25, -0.2) is 4.79 Å². The normalized spacial score (nSPS) is 10.4. The molecule has 1 aromatic carbocycles. The molecule has 0 saturated heterocycles. The molecule has 0 atom stereocenters. The summed E-state index contributed by atoms with van der Waals surface area (Å²) in [6, 6.07) is 1.89. The average Bonchev–Trinajstić information content (AvgIpc) is 2.36. The average molecular weight is 354 g/mol. The van der Waals surface area contributed by atoms with Gasteiger partial charge < -0.3 is 9.47 Å². The second kappa shape index (κ2) is 7.13. The summed E-state index contributed by atoms with van der Waals surface area (Å²) in [4.78, 5) is 21.9. The Morgan fingerprint density at radius 1 is 1.50 bits per heavy atom. The summed E-state index contributed by atoms with van der Waals surface area (Å²) in [6.07, 6.45) is 0. The molecule has 0 amide bonds. The van der Waals surface area contributed by atoms with Crippen LogP contribution < -0.4 is 4.74 Å². The number of hydrogen-bond acceptors (Lipinski definition) is 5. The summed E-state index contributed by atoms with van der Waals surface area (Å²) in [5, 5.41) is 11.0. The summed E-state index contributed by atoms with van der Waals surface area (Å²) in [7, 11) is 0. The second-order valence-corrected chi connectivity index (χ2v) is 4.03. The van der Waals surface area contributed by atoms with Crippen LogP contribution in [-0.4, -0.2) is 24.1 Å². The smallest absolute Gasteiger partial charge is 0.387 e. The Morgan fingerprint density at radius 2 is 2.15 bits per heavy atom. The van der Waals surface area contributed by atoms with Crippen molar-refractivity contribution in [1.29, 1.82) is 0 Å². The number of rotatable bonds is 6. The molecule has 0 aliphatic heterocycles. The van der Waals surface area contributed by atoms with Crippen molar-refractivity contribution in [3.63, 3.8) is 0 Å². The van der Waals surface area contributed by atoms with Gasteiger partial charge in [0.2, 0.25) is 0 Å². The minimum absolute atomic E-state index is 0.0347. The first-order valence-corrected chi connectivity index (χ1v) is 6.52. The van der Waals surface area contributed by atoms with E-state index in [1.807, 2.05) is 0 Å². The fourth-order valence-electron chi connectivity index (χ4n) is 1.52. The molecule has 1 rings (SSSR count). The first kappa shape index (κ1) is 16.3. The van der Waals surface area contributed by atoms with Crippen LogP contribution in [0, 0.1) is 10.1 Å². The molecule has 0 heterocycles. The highest BCUT2D eigenvalue weighted by atomic mass is 79.9. The molecule has 1 aromatic rings. The molecule has 20 heavy (non-hydrogen) atoms. The quantitative estimate of drug-likeness (QED) is 0.339. The number of halogens is 3. The molecule has 0 bridgehead atoms. The van der Waals surface area contributed by atoms with Crippen molar-refractivity contribution in [1.82, 2.24) is 0 Å². The predicted molar refractivity (Wildman–Crippen MR) is 68.3 cm³/mol. The zero-order chi connectivity index (χ0) is 15.3. The highest BCUT2D eigenvalue weighted by Gasteiger charge is 2.27. The Morgan fingerprint density at radius 3 is 2.60 bits per heavy atom. The Bertz CT molecular complexity index is 524. The summed E-state index contributed by atoms with van der Waals surface area (Å²) in [6.45, 7) is -1.54. The lowest BCUT2D eigenvalue weighted by molar-refractivity contribution is -0.385. The van der Waals surface area contributed by atoms with E-state index in [-0.39, 0.29) is 23.1 Å². The maximum Gasteiger partial charge on any atom is 0.387 e. The van der Waals surface area contributed by atoms with Crippen LogP contribution in [0.15, 0.2) is 12.1 Å². The lowest BCUT2D eigenvalue weighted by Crippen LogP contribution is -2.12. The topological polar surface area (TPSA) is 78.7 Å². The van der Waals surface area contributed by atoms with Crippen LogP contribution in [0.5, 0.6) is 5.75 Å². The molecule has 0 aliphatic rings. The standard InChI is InChI=1S/C11H10BrF2NO5/c1-2-19-10(16)9-6(5-12)3-7(20-11(13)14)4-8(9)15(17)18/h3-4,11H,2,5H2,1H3. The van der Waals surface area contributed by atoms with E-state index >= 15 is 0 Å². The lowest BCUT2D eigenvalue weighted by atomic mass is 10.1. The van der Waals surface area contributed by atoms with Gasteiger partial charge in [0.25, 0.3) is 5.69 Å². The first-order valence-electron chi connectivity index (χ1n) is 5.39. The van der Waals surface area contributed by atoms with E-state index in [0.29, 0.717) is 0 Å². The van der Waals surface area contributed by atoms with Crippen molar-refractivity contribution in [3.8, 4) is 5.75 Å². The summed E-state index contributed by atoms with van der Waals surface area (Å²) < 4.78 is 33.2. The fraction of sp³-hybridized carbons (Fsp3) is 0.364. The van der Waals surface area contributed by atoms with Crippen LogP contribution in [0.4, 0.5) is 14.5 Å². The van der Waals surface area contributed by atoms with Gasteiger partial charge in [-0.3, -0.25) is 10.1 Å². The number of ether oxygens (including phenoxy) is 2. The van der Waals surface area contributed by atoms with Gasteiger partial charge in [-0.1, -0.05) is 15.9 Å². The Kier molecular flexibility index (Phi) is 5.81. The van der Waals surface area contributed by atoms with Crippen LogP contribution in [0.2, 0.25) is 0 Å². The number of nitrogens with zero attached hydrogens (tertiary/aromatic N) is 1. The van der Waals surface area contributed by atoms with Gasteiger partial charge in [0, 0.05) is 5.33 Å². The molecule has 0 aliphatic carbocycles. The SMILES string of the molecule is CCOC(=O)c1c(CBr)cc(OC(F)F)cc1[N+](=O)[O-]. The monoisotopic (exact) mass is 353 g/mol. The lowest BCUT2D eigenvalue weighted by Gasteiger charge is -2.11. The van der Waals surface area contributed by atoms with Crippen LogP contribution >= 0.6 is 15.9 Å². The number of benzene rings is 1. The summed E-state index contributed by atoms with van der Waals surface area (Å²) in [5.41, 5.74) is -0.792. The number of alkyl halides is 3. The van der Waals surface area contributed by atoms with Gasteiger partial charge in [0.05, 0.1) is 17.6 Å². The first-order chi connectivity index (χ1) is 9.40. The van der Waals surface area contributed by atoms with E-state index in [1.165, 1.54) is 0 Å². The van der Waals surface area contributed by atoms with Crippen molar-refractivity contribution in [2.24, 2.45) is 0 Å². The molecular formula is C11H10BrF2NO5. The number of nitro benzene ring substituents is 1. The van der Waals surface area contributed by atoms with Crippen molar-refractivity contribution in [2.75, 3.05) is 6.61 Å². The number of nitro groups is 1. The highest BCUT2D eigenvalue weighted by molar-refractivity contribution is 9.08. The van der Waals surface area contributed by atoms with Crippen LogP contribution in [0.3, 0.4) is 0 Å². The van der Waals surface area contributed by atoms with Gasteiger partial charge >= 0.3 is 12.6 Å². The van der Waals surface area contributed by atoms with Gasteiger partial charge in [-0.05, 0) is 18.6 Å². The molecule has 0 fully saturated rings. The van der Waals surface area contributed by atoms with E-state index in [9.17, 15) is 23.7 Å². The fourth-order valence-corrected chi connectivity index (χ4v) is 1.96. The van der Waals surface area contributed by atoms with E-state index in [1.54, 1.807) is 6.92 Å². The Hall–Kier alpha value is -1.77. The van der Waals surface area contributed by atoms with E-state index in [4.69, 9.17) is 4.74 Å². The minimum atomic E-state index is -3.12. The number of carbonyl (C=O) groups excluding carboxylic acids is 1. The molecule has 0 unspecified atom stereocenters. The van der Waals surface area contributed by atoms with Gasteiger partial charge in [-0.2, -0.15) is 8.78 Å². The second-order valence-electron chi connectivity index (χ2n) is 3.47. The zero-order valence-electron chi connectivity index (χ0n) is 10.3. The molecular weight excluding hydrogens is 344 g/mol. The molecule has 110 valence electrons. The third-order valence-corrected chi connectivity index (χ3v) is 2.82. The third kappa shape index (κ3) is 3.86. The molecule has 9 heteroatoms. The molecule has 0 aromatic heterocycles. The Balaban J connectivity index is 3.40. The highest BCUT2D eigenvalue weighted by Crippen LogP contribution is 2.31. The molecule has 6 nitrogen and oxygen atoms in total. The number of esters is 1. The predicted octanol–water partition coefficient (Wildman–Crippen LogP) is 3.27. The van der Waals surface area contributed by atoms with Crippen LogP contribution in [-0.2, 0) is 10.1 Å². The number of hydrogen-bond donors (Lipinski definition) is 0. The number of carbonyl (C=O) groups is 1. The molecule has 0 saturated carbocycles. The van der Waals surface area contributed by atoms with Crippen molar-refractivity contribution < 1.29 is 28.0 Å².